The molecule has 0 saturated heterocycles. The third-order valence-electron chi connectivity index (χ3n) is 3.45. The van der Waals surface area contributed by atoms with Crippen LogP contribution in [-0.4, -0.2) is 14.1 Å². The Morgan fingerprint density at radius 1 is 1.14 bits per heavy atom. The molecule has 0 spiro atoms. The van der Waals surface area contributed by atoms with Crippen LogP contribution in [0.3, 0.4) is 0 Å². The van der Waals surface area contributed by atoms with Gasteiger partial charge in [-0.1, -0.05) is 46.6 Å². The van der Waals surface area contributed by atoms with Crippen LogP contribution in [0.1, 0.15) is 24.9 Å². The molecule has 1 unspecified atom stereocenters. The molecule has 4 heteroatoms. The van der Waals surface area contributed by atoms with Gasteiger partial charge in [0.25, 0.3) is 0 Å². The van der Waals surface area contributed by atoms with Crippen molar-refractivity contribution >= 4 is 38.9 Å². The van der Waals surface area contributed by atoms with Gasteiger partial charge in [0.2, 0.25) is 0 Å². The van der Waals surface area contributed by atoms with Crippen molar-refractivity contribution in [3.63, 3.8) is 0 Å². The maximum absolute atomic E-state index is 6.15. The third-order valence-corrected chi connectivity index (χ3v) is 4.21. The van der Waals surface area contributed by atoms with Crippen LogP contribution < -0.4 is 10.2 Å². The molecule has 0 radical (unpaired) electrons. The molecule has 21 heavy (non-hydrogen) atoms. The standard InChI is InChI=1S/C17H20BrClN2/c1-4-15(12-5-7-13(18)8-6-12)20-16-11-14(19)9-10-17(16)21(2)3/h5-11,15,20H,4H2,1-3H3. The Kier molecular flexibility index (Phi) is 5.54. The molecule has 1 atom stereocenters. The second kappa shape index (κ2) is 7.19. The zero-order valence-electron chi connectivity index (χ0n) is 12.5. The van der Waals surface area contributed by atoms with Crippen molar-refractivity contribution in [2.75, 3.05) is 24.3 Å². The first-order chi connectivity index (χ1) is 10.0. The Morgan fingerprint density at radius 2 is 1.81 bits per heavy atom. The molecule has 2 aromatic rings. The molecular weight excluding hydrogens is 348 g/mol. The molecule has 0 aliphatic carbocycles. The van der Waals surface area contributed by atoms with E-state index in [1.807, 2.05) is 32.3 Å². The molecule has 2 nitrogen and oxygen atoms in total. The highest BCUT2D eigenvalue weighted by molar-refractivity contribution is 9.10. The van der Waals surface area contributed by atoms with Crippen LogP contribution in [0, 0.1) is 0 Å². The van der Waals surface area contributed by atoms with Gasteiger partial charge in [0.15, 0.2) is 0 Å². The number of benzene rings is 2. The fraction of sp³-hybridized carbons (Fsp3) is 0.294. The summed E-state index contributed by atoms with van der Waals surface area (Å²) in [5.41, 5.74) is 3.46. The Bertz CT molecular complexity index is 596. The number of nitrogens with one attached hydrogen (secondary N) is 1. The van der Waals surface area contributed by atoms with Crippen molar-refractivity contribution in [2.45, 2.75) is 19.4 Å². The summed E-state index contributed by atoms with van der Waals surface area (Å²) < 4.78 is 1.10. The number of nitrogens with zero attached hydrogens (tertiary/aromatic N) is 1. The minimum atomic E-state index is 0.260. The highest BCUT2D eigenvalue weighted by Crippen LogP contribution is 2.32. The Balaban J connectivity index is 2.30. The van der Waals surface area contributed by atoms with Gasteiger partial charge in [-0.15, -0.1) is 0 Å². The smallest absolute Gasteiger partial charge is 0.0598 e. The van der Waals surface area contributed by atoms with Crippen LogP contribution in [-0.2, 0) is 0 Å². The van der Waals surface area contributed by atoms with Crippen molar-refractivity contribution in [2.24, 2.45) is 0 Å². The molecule has 0 amide bonds. The maximum Gasteiger partial charge on any atom is 0.0598 e. The van der Waals surface area contributed by atoms with Gasteiger partial charge in [-0.05, 0) is 42.3 Å². The van der Waals surface area contributed by atoms with E-state index < -0.39 is 0 Å². The van der Waals surface area contributed by atoms with Gasteiger partial charge in [-0.3, -0.25) is 0 Å². The fourth-order valence-corrected chi connectivity index (χ4v) is 2.75. The average Bonchev–Trinajstić information content (AvgIpc) is 2.45. The van der Waals surface area contributed by atoms with E-state index in [1.165, 1.54) is 5.56 Å². The molecule has 0 aromatic heterocycles. The molecule has 0 aliphatic heterocycles. The van der Waals surface area contributed by atoms with E-state index >= 15 is 0 Å². The van der Waals surface area contributed by atoms with Crippen LogP contribution in [0.5, 0.6) is 0 Å². The monoisotopic (exact) mass is 366 g/mol. The highest BCUT2D eigenvalue weighted by atomic mass is 79.9. The van der Waals surface area contributed by atoms with Crippen molar-refractivity contribution in [3.05, 3.63) is 57.5 Å². The molecule has 112 valence electrons. The van der Waals surface area contributed by atoms with Crippen molar-refractivity contribution in [1.82, 2.24) is 0 Å². The van der Waals surface area contributed by atoms with Gasteiger partial charge < -0.3 is 10.2 Å². The summed E-state index contributed by atoms with van der Waals surface area (Å²) in [6.45, 7) is 2.18. The van der Waals surface area contributed by atoms with Gasteiger partial charge >= 0.3 is 0 Å². The molecule has 0 fully saturated rings. The molecule has 0 saturated carbocycles. The number of hydrogen-bond donors (Lipinski definition) is 1. The van der Waals surface area contributed by atoms with Gasteiger partial charge in [0.05, 0.1) is 17.4 Å². The largest absolute Gasteiger partial charge is 0.377 e. The predicted octanol–water partition coefficient (Wildman–Crippen LogP) is 5.73. The summed E-state index contributed by atoms with van der Waals surface area (Å²) in [4.78, 5) is 2.09. The van der Waals surface area contributed by atoms with Crippen molar-refractivity contribution < 1.29 is 0 Å². The van der Waals surface area contributed by atoms with Crippen molar-refractivity contribution in [1.29, 1.82) is 0 Å². The summed E-state index contributed by atoms with van der Waals surface area (Å²) in [7, 11) is 4.07. The van der Waals surface area contributed by atoms with Crippen LogP contribution in [0.15, 0.2) is 46.9 Å². The van der Waals surface area contributed by atoms with E-state index in [-0.39, 0.29) is 6.04 Å². The Morgan fingerprint density at radius 3 is 2.38 bits per heavy atom. The van der Waals surface area contributed by atoms with Gasteiger partial charge in [0, 0.05) is 23.6 Å². The Hall–Kier alpha value is -1.19. The molecular formula is C17H20BrClN2. The highest BCUT2D eigenvalue weighted by Gasteiger charge is 2.12. The van der Waals surface area contributed by atoms with Crippen molar-refractivity contribution in [3.8, 4) is 0 Å². The summed E-state index contributed by atoms with van der Waals surface area (Å²) in [5, 5.41) is 4.36. The molecule has 0 aliphatic rings. The summed E-state index contributed by atoms with van der Waals surface area (Å²) in [5.74, 6) is 0. The van der Waals surface area contributed by atoms with Gasteiger partial charge in [-0.25, -0.2) is 0 Å². The van der Waals surface area contributed by atoms with E-state index in [9.17, 15) is 0 Å². The normalized spacial score (nSPS) is 12.0. The maximum atomic E-state index is 6.15. The SMILES string of the molecule is CCC(Nc1cc(Cl)ccc1N(C)C)c1ccc(Br)cc1. The molecule has 0 heterocycles. The summed E-state index contributed by atoms with van der Waals surface area (Å²) in [6.07, 6.45) is 1.00. The number of halogens is 2. The van der Waals surface area contributed by atoms with E-state index in [0.29, 0.717) is 0 Å². The lowest BCUT2D eigenvalue weighted by atomic mass is 10.0. The average molecular weight is 368 g/mol. The zero-order valence-corrected chi connectivity index (χ0v) is 14.9. The number of anilines is 2. The summed E-state index contributed by atoms with van der Waals surface area (Å²) in [6, 6.07) is 14.6. The van der Waals surface area contributed by atoms with E-state index in [2.05, 4.69) is 57.3 Å². The fourth-order valence-electron chi connectivity index (χ4n) is 2.32. The number of rotatable bonds is 5. The third kappa shape index (κ3) is 4.14. The quantitative estimate of drug-likeness (QED) is 0.725. The number of hydrogen-bond acceptors (Lipinski definition) is 2. The van der Waals surface area contributed by atoms with Crippen LogP contribution >= 0.6 is 27.5 Å². The lowest BCUT2D eigenvalue weighted by Crippen LogP contribution is -2.15. The first kappa shape index (κ1) is 16.2. The molecule has 2 rings (SSSR count). The first-order valence-electron chi connectivity index (χ1n) is 7.00. The van der Waals surface area contributed by atoms with Crippen LogP contribution in [0.2, 0.25) is 5.02 Å². The minimum Gasteiger partial charge on any atom is -0.377 e. The molecule has 2 aromatic carbocycles. The van der Waals surface area contributed by atoms with Gasteiger partial charge in [-0.2, -0.15) is 0 Å². The first-order valence-corrected chi connectivity index (χ1v) is 8.17. The topological polar surface area (TPSA) is 15.3 Å². The zero-order chi connectivity index (χ0) is 15.4. The van der Waals surface area contributed by atoms with E-state index in [0.717, 1.165) is 27.3 Å². The van der Waals surface area contributed by atoms with E-state index in [1.54, 1.807) is 0 Å². The van der Waals surface area contributed by atoms with Crippen LogP contribution in [0.25, 0.3) is 0 Å². The second-order valence-corrected chi connectivity index (χ2v) is 6.56. The van der Waals surface area contributed by atoms with Crippen LogP contribution in [0.4, 0.5) is 11.4 Å². The van der Waals surface area contributed by atoms with Gasteiger partial charge in [0.1, 0.15) is 0 Å². The lowest BCUT2D eigenvalue weighted by Gasteiger charge is -2.24. The molecule has 0 bridgehead atoms. The lowest BCUT2D eigenvalue weighted by molar-refractivity contribution is 0.749. The molecule has 1 N–H and O–H groups in total. The van der Waals surface area contributed by atoms with E-state index in [4.69, 9.17) is 11.6 Å². The predicted molar refractivity (Wildman–Crippen MR) is 96.6 cm³/mol. The Labute approximate surface area is 140 Å². The minimum absolute atomic E-state index is 0.260. The second-order valence-electron chi connectivity index (χ2n) is 5.21. The summed E-state index contributed by atoms with van der Waals surface area (Å²) >= 11 is 9.63.